The number of carbonyl (C=O) groups excluding carboxylic acids is 1. The van der Waals surface area contributed by atoms with E-state index >= 15 is 0 Å². The van der Waals surface area contributed by atoms with Crippen molar-refractivity contribution in [1.82, 2.24) is 15.5 Å². The quantitative estimate of drug-likeness (QED) is 0.276. The molecule has 0 bridgehead atoms. The molecular formula is C15H19F6IN4O. The van der Waals surface area contributed by atoms with E-state index in [1.54, 1.807) is 0 Å². The highest BCUT2D eigenvalue weighted by atomic mass is 127. The average molecular weight is 512 g/mol. The standard InChI is InChI=1S/C15H18F6N4O.HI/c1-22-13(24-8-12(26)25(2)9-14(16,17)18)23-7-10-4-3-5-11(6-10)15(19,20)21;/h3-6H,7-9H2,1-2H3,(H2,22,23,24);1H. The first-order valence-electron chi connectivity index (χ1n) is 7.34. The van der Waals surface area contributed by atoms with Gasteiger partial charge in [0.15, 0.2) is 5.96 Å². The fourth-order valence-electron chi connectivity index (χ4n) is 1.92. The van der Waals surface area contributed by atoms with Gasteiger partial charge in [0, 0.05) is 20.6 Å². The van der Waals surface area contributed by atoms with Crippen molar-refractivity contribution in [3.8, 4) is 0 Å². The number of guanidine groups is 1. The third kappa shape index (κ3) is 9.68. The maximum absolute atomic E-state index is 12.7. The molecule has 0 spiro atoms. The Balaban J connectivity index is 0.00000676. The maximum Gasteiger partial charge on any atom is 0.416 e. The lowest BCUT2D eigenvalue weighted by molar-refractivity contribution is -0.157. The van der Waals surface area contributed by atoms with Gasteiger partial charge in [0.05, 0.1) is 12.1 Å². The third-order valence-corrected chi connectivity index (χ3v) is 3.19. The number of benzene rings is 1. The second-order valence-corrected chi connectivity index (χ2v) is 5.34. The van der Waals surface area contributed by atoms with E-state index in [4.69, 9.17) is 0 Å². The highest BCUT2D eigenvalue weighted by molar-refractivity contribution is 14.0. The van der Waals surface area contributed by atoms with Gasteiger partial charge in [-0.3, -0.25) is 9.79 Å². The minimum atomic E-state index is -4.51. The van der Waals surface area contributed by atoms with Crippen LogP contribution in [0.5, 0.6) is 0 Å². The number of hydrogen-bond donors (Lipinski definition) is 2. The van der Waals surface area contributed by atoms with E-state index in [0.717, 1.165) is 19.2 Å². The summed E-state index contributed by atoms with van der Waals surface area (Å²) < 4.78 is 74.6. The lowest BCUT2D eigenvalue weighted by atomic mass is 10.1. The topological polar surface area (TPSA) is 56.7 Å². The predicted molar refractivity (Wildman–Crippen MR) is 98.8 cm³/mol. The zero-order valence-electron chi connectivity index (χ0n) is 14.4. The zero-order valence-corrected chi connectivity index (χ0v) is 16.7. The summed E-state index contributed by atoms with van der Waals surface area (Å²) in [7, 11) is 2.36. The Bertz CT molecular complexity index is 648. The van der Waals surface area contributed by atoms with Gasteiger partial charge in [-0.2, -0.15) is 26.3 Å². The van der Waals surface area contributed by atoms with Crippen molar-refractivity contribution in [2.24, 2.45) is 4.99 Å². The van der Waals surface area contributed by atoms with Crippen molar-refractivity contribution in [2.75, 3.05) is 27.2 Å². The zero-order chi connectivity index (χ0) is 20.0. The van der Waals surface area contributed by atoms with E-state index in [9.17, 15) is 31.1 Å². The monoisotopic (exact) mass is 512 g/mol. The number of amides is 1. The minimum Gasteiger partial charge on any atom is -0.352 e. The Morgan fingerprint density at radius 1 is 1.15 bits per heavy atom. The Kier molecular flexibility index (Phi) is 9.89. The third-order valence-electron chi connectivity index (χ3n) is 3.19. The minimum absolute atomic E-state index is 0. The Hall–Kier alpha value is -1.73. The van der Waals surface area contributed by atoms with Crippen LogP contribution >= 0.6 is 24.0 Å². The molecule has 0 fully saturated rings. The number of rotatable bonds is 5. The number of halogens is 7. The molecule has 0 radical (unpaired) electrons. The van der Waals surface area contributed by atoms with Crippen molar-refractivity contribution in [1.29, 1.82) is 0 Å². The van der Waals surface area contributed by atoms with Crippen molar-refractivity contribution in [2.45, 2.75) is 18.9 Å². The van der Waals surface area contributed by atoms with Crippen LogP contribution in [-0.4, -0.2) is 50.1 Å². The molecule has 0 saturated heterocycles. The molecule has 1 aromatic carbocycles. The van der Waals surface area contributed by atoms with Gasteiger partial charge >= 0.3 is 12.4 Å². The number of hydrogen-bond acceptors (Lipinski definition) is 2. The Labute approximate surface area is 169 Å². The molecule has 154 valence electrons. The summed E-state index contributed by atoms with van der Waals surface area (Å²) in [6, 6.07) is 4.62. The molecule has 0 aromatic heterocycles. The van der Waals surface area contributed by atoms with Crippen LogP contribution in [0.3, 0.4) is 0 Å². The number of likely N-dealkylation sites (N-methyl/N-ethyl adjacent to an activating group) is 1. The van der Waals surface area contributed by atoms with E-state index in [1.807, 2.05) is 0 Å². The summed E-state index contributed by atoms with van der Waals surface area (Å²) in [6.45, 7) is -1.85. The normalized spacial score (nSPS) is 12.2. The summed E-state index contributed by atoms with van der Waals surface area (Å²) in [5.41, 5.74) is -0.480. The Morgan fingerprint density at radius 3 is 2.30 bits per heavy atom. The van der Waals surface area contributed by atoms with Gasteiger partial charge in [0.2, 0.25) is 5.91 Å². The molecule has 2 N–H and O–H groups in total. The maximum atomic E-state index is 12.7. The molecule has 27 heavy (non-hydrogen) atoms. The van der Waals surface area contributed by atoms with E-state index in [1.165, 1.54) is 19.2 Å². The summed E-state index contributed by atoms with van der Waals surface area (Å²) >= 11 is 0. The fourth-order valence-corrected chi connectivity index (χ4v) is 1.92. The molecule has 12 heteroatoms. The second-order valence-electron chi connectivity index (χ2n) is 5.34. The van der Waals surface area contributed by atoms with Crippen molar-refractivity contribution < 1.29 is 31.1 Å². The van der Waals surface area contributed by atoms with Crippen LogP contribution in [0.15, 0.2) is 29.3 Å². The van der Waals surface area contributed by atoms with E-state index in [-0.39, 0.29) is 36.5 Å². The molecule has 0 unspecified atom stereocenters. The lowest BCUT2D eigenvalue weighted by Crippen LogP contribution is -2.45. The molecule has 0 aliphatic carbocycles. The smallest absolute Gasteiger partial charge is 0.352 e. The lowest BCUT2D eigenvalue weighted by Gasteiger charge is -2.20. The number of alkyl halides is 6. The van der Waals surface area contributed by atoms with E-state index < -0.39 is 36.9 Å². The first kappa shape index (κ1) is 25.3. The SMILES string of the molecule is CN=C(NCC(=O)N(C)CC(F)(F)F)NCc1cccc(C(F)(F)F)c1.I. The highest BCUT2D eigenvalue weighted by Gasteiger charge is 2.31. The van der Waals surface area contributed by atoms with Gasteiger partial charge in [-0.05, 0) is 17.7 Å². The number of carbonyl (C=O) groups is 1. The molecule has 1 rings (SSSR count). The van der Waals surface area contributed by atoms with Gasteiger partial charge in [0.25, 0.3) is 0 Å². The van der Waals surface area contributed by atoms with Gasteiger partial charge in [0.1, 0.15) is 6.54 Å². The molecule has 5 nitrogen and oxygen atoms in total. The number of nitrogens with one attached hydrogen (secondary N) is 2. The van der Waals surface area contributed by atoms with Gasteiger partial charge < -0.3 is 15.5 Å². The first-order valence-corrected chi connectivity index (χ1v) is 7.34. The summed E-state index contributed by atoms with van der Waals surface area (Å²) in [5.74, 6) is -0.750. The number of aliphatic imine (C=N–C) groups is 1. The first-order chi connectivity index (χ1) is 11.9. The molecule has 0 saturated carbocycles. The summed E-state index contributed by atoms with van der Waals surface area (Å²) in [5, 5.41) is 5.19. The van der Waals surface area contributed by atoms with Crippen molar-refractivity contribution in [3.05, 3.63) is 35.4 Å². The van der Waals surface area contributed by atoms with Crippen LogP contribution in [0.1, 0.15) is 11.1 Å². The van der Waals surface area contributed by atoms with Crippen LogP contribution in [0.2, 0.25) is 0 Å². The molecule has 1 aromatic rings. The molecular weight excluding hydrogens is 493 g/mol. The highest BCUT2D eigenvalue weighted by Crippen LogP contribution is 2.29. The Morgan fingerprint density at radius 2 is 1.78 bits per heavy atom. The fraction of sp³-hybridized carbons (Fsp3) is 0.467. The molecule has 0 aliphatic heterocycles. The van der Waals surface area contributed by atoms with Crippen molar-refractivity contribution in [3.63, 3.8) is 0 Å². The van der Waals surface area contributed by atoms with Crippen LogP contribution in [0.25, 0.3) is 0 Å². The van der Waals surface area contributed by atoms with Crippen LogP contribution in [0, 0.1) is 0 Å². The summed E-state index contributed by atoms with van der Waals surface area (Å²) in [4.78, 5) is 15.9. The molecule has 0 heterocycles. The van der Waals surface area contributed by atoms with Gasteiger partial charge in [-0.15, -0.1) is 24.0 Å². The van der Waals surface area contributed by atoms with Crippen LogP contribution in [-0.2, 0) is 17.5 Å². The molecule has 0 atom stereocenters. The molecule has 1 amide bonds. The van der Waals surface area contributed by atoms with E-state index in [2.05, 4.69) is 15.6 Å². The predicted octanol–water partition coefficient (Wildman–Crippen LogP) is 3.01. The number of nitrogens with zero attached hydrogens (tertiary/aromatic N) is 2. The average Bonchev–Trinajstić information content (AvgIpc) is 2.52. The molecule has 0 aliphatic rings. The van der Waals surface area contributed by atoms with Crippen LogP contribution in [0.4, 0.5) is 26.3 Å². The van der Waals surface area contributed by atoms with Gasteiger partial charge in [-0.25, -0.2) is 0 Å². The second kappa shape index (κ2) is 10.6. The summed E-state index contributed by atoms with van der Waals surface area (Å²) in [6.07, 6.45) is -8.97. The van der Waals surface area contributed by atoms with Crippen LogP contribution < -0.4 is 10.6 Å². The van der Waals surface area contributed by atoms with Gasteiger partial charge in [-0.1, -0.05) is 12.1 Å². The largest absolute Gasteiger partial charge is 0.416 e. The van der Waals surface area contributed by atoms with E-state index in [0.29, 0.717) is 10.5 Å². The van der Waals surface area contributed by atoms with Crippen molar-refractivity contribution >= 4 is 35.8 Å².